The van der Waals surface area contributed by atoms with Gasteiger partial charge in [-0.25, -0.2) is 9.97 Å². The van der Waals surface area contributed by atoms with Crippen LogP contribution in [0.2, 0.25) is 0 Å². The Morgan fingerprint density at radius 1 is 1.26 bits per heavy atom. The number of aromatic nitrogens is 2. The zero-order valence-corrected chi connectivity index (χ0v) is 11.9. The lowest BCUT2D eigenvalue weighted by molar-refractivity contribution is -0.0709. The normalized spacial score (nSPS) is 22.5. The Morgan fingerprint density at radius 3 is 2.42 bits per heavy atom. The zero-order valence-electron chi connectivity index (χ0n) is 11.9. The van der Waals surface area contributed by atoms with Gasteiger partial charge in [0.25, 0.3) is 0 Å². The van der Waals surface area contributed by atoms with Crippen molar-refractivity contribution in [3.63, 3.8) is 0 Å². The molecular weight excluding hydrogens is 238 g/mol. The van der Waals surface area contributed by atoms with Gasteiger partial charge >= 0.3 is 0 Å². The van der Waals surface area contributed by atoms with Gasteiger partial charge in [-0.15, -0.1) is 0 Å². The molecule has 0 amide bonds. The lowest BCUT2D eigenvalue weighted by Crippen LogP contribution is -2.50. The first kappa shape index (κ1) is 12.9. The van der Waals surface area contributed by atoms with Crippen LogP contribution in [0.15, 0.2) is 12.4 Å². The Labute approximate surface area is 115 Å². The zero-order chi connectivity index (χ0) is 13.3. The van der Waals surface area contributed by atoms with Crippen molar-refractivity contribution in [3.05, 3.63) is 18.0 Å². The number of nitrogens with zero attached hydrogens (tertiary/aromatic N) is 3. The maximum Gasteiger partial charge on any atom is 0.225 e. The molecule has 1 saturated heterocycles. The van der Waals surface area contributed by atoms with Crippen molar-refractivity contribution < 1.29 is 4.74 Å². The monoisotopic (exact) mass is 261 g/mol. The summed E-state index contributed by atoms with van der Waals surface area (Å²) in [5.74, 6) is 0.898. The summed E-state index contributed by atoms with van der Waals surface area (Å²) in [6, 6.07) is 0. The molecule has 0 bridgehead atoms. The van der Waals surface area contributed by atoms with E-state index in [1.54, 1.807) is 0 Å². The third-order valence-corrected chi connectivity index (χ3v) is 4.86. The molecule has 0 N–H and O–H groups in total. The summed E-state index contributed by atoms with van der Waals surface area (Å²) >= 11 is 0. The molecule has 4 heteroatoms. The standard InChI is InChI=1S/C15H23N3O/c1-3-12-10-16-14(17-11-12)18-6-4-15(5-7-18)8-13(9-15)19-2/h10-11,13H,3-9H2,1-2H3. The molecule has 0 aromatic carbocycles. The molecule has 104 valence electrons. The third kappa shape index (κ3) is 2.46. The molecule has 1 spiro atoms. The van der Waals surface area contributed by atoms with E-state index in [0.717, 1.165) is 25.5 Å². The summed E-state index contributed by atoms with van der Waals surface area (Å²) in [7, 11) is 1.83. The van der Waals surface area contributed by atoms with E-state index in [1.165, 1.54) is 31.2 Å². The van der Waals surface area contributed by atoms with E-state index in [1.807, 2.05) is 19.5 Å². The van der Waals surface area contributed by atoms with Gasteiger partial charge in [-0.05, 0) is 43.1 Å². The summed E-state index contributed by atoms with van der Waals surface area (Å²) in [6.07, 6.45) is 10.4. The Kier molecular flexibility index (Phi) is 3.44. The van der Waals surface area contributed by atoms with Crippen LogP contribution < -0.4 is 4.90 Å². The average Bonchev–Trinajstić information content (AvgIpc) is 2.45. The van der Waals surface area contributed by atoms with Crippen LogP contribution in [0.25, 0.3) is 0 Å². The van der Waals surface area contributed by atoms with Crippen LogP contribution in [0.4, 0.5) is 5.95 Å². The molecule has 0 radical (unpaired) electrons. The minimum absolute atomic E-state index is 0.506. The van der Waals surface area contributed by atoms with Crippen LogP contribution in [-0.2, 0) is 11.2 Å². The van der Waals surface area contributed by atoms with E-state index in [0.29, 0.717) is 11.5 Å². The van der Waals surface area contributed by atoms with E-state index >= 15 is 0 Å². The summed E-state index contributed by atoms with van der Waals surface area (Å²) in [5.41, 5.74) is 1.76. The van der Waals surface area contributed by atoms with Crippen molar-refractivity contribution in [2.24, 2.45) is 5.41 Å². The topological polar surface area (TPSA) is 38.2 Å². The van der Waals surface area contributed by atoms with Crippen molar-refractivity contribution in [2.75, 3.05) is 25.1 Å². The molecule has 2 aliphatic rings. The van der Waals surface area contributed by atoms with Crippen molar-refractivity contribution in [1.82, 2.24) is 9.97 Å². The van der Waals surface area contributed by atoms with Crippen LogP contribution >= 0.6 is 0 Å². The number of hydrogen-bond donors (Lipinski definition) is 0. The Hall–Kier alpha value is -1.16. The van der Waals surface area contributed by atoms with Crippen LogP contribution in [-0.4, -0.2) is 36.3 Å². The number of hydrogen-bond acceptors (Lipinski definition) is 4. The maximum atomic E-state index is 5.41. The lowest BCUT2D eigenvalue weighted by atomic mass is 9.61. The molecule has 2 heterocycles. The smallest absolute Gasteiger partial charge is 0.225 e. The second-order valence-corrected chi connectivity index (χ2v) is 6.00. The van der Waals surface area contributed by atoms with Crippen LogP contribution in [0.3, 0.4) is 0 Å². The van der Waals surface area contributed by atoms with E-state index in [2.05, 4.69) is 21.8 Å². The van der Waals surface area contributed by atoms with Crippen molar-refractivity contribution >= 4 is 5.95 Å². The summed E-state index contributed by atoms with van der Waals surface area (Å²) < 4.78 is 5.41. The van der Waals surface area contributed by atoms with Crippen molar-refractivity contribution in [1.29, 1.82) is 0 Å². The van der Waals surface area contributed by atoms with Gasteiger partial charge in [0.15, 0.2) is 0 Å². The molecule has 0 unspecified atom stereocenters. The number of aryl methyl sites for hydroxylation is 1. The van der Waals surface area contributed by atoms with Crippen molar-refractivity contribution in [2.45, 2.75) is 45.1 Å². The molecule has 0 atom stereocenters. The van der Waals surface area contributed by atoms with Gasteiger partial charge < -0.3 is 9.64 Å². The van der Waals surface area contributed by atoms with E-state index in [4.69, 9.17) is 4.74 Å². The highest BCUT2D eigenvalue weighted by atomic mass is 16.5. The van der Waals surface area contributed by atoms with Gasteiger partial charge in [0.05, 0.1) is 6.10 Å². The SMILES string of the molecule is CCc1cnc(N2CCC3(CC2)CC(OC)C3)nc1. The molecule has 1 aromatic heterocycles. The summed E-state index contributed by atoms with van der Waals surface area (Å²) in [6.45, 7) is 4.30. The molecule has 1 aromatic rings. The first-order valence-corrected chi connectivity index (χ1v) is 7.33. The minimum atomic E-state index is 0.506. The lowest BCUT2D eigenvalue weighted by Gasteiger charge is -2.51. The fourth-order valence-corrected chi connectivity index (χ4v) is 3.36. The molecule has 1 aliphatic carbocycles. The van der Waals surface area contributed by atoms with Crippen LogP contribution in [0, 0.1) is 5.41 Å². The van der Waals surface area contributed by atoms with Gasteiger partial charge in [-0.2, -0.15) is 0 Å². The number of methoxy groups -OCH3 is 1. The van der Waals surface area contributed by atoms with E-state index < -0.39 is 0 Å². The maximum absolute atomic E-state index is 5.41. The predicted octanol–water partition coefficient (Wildman–Crippen LogP) is 2.43. The number of ether oxygens (including phenoxy) is 1. The van der Waals surface area contributed by atoms with Gasteiger partial charge in [-0.3, -0.25) is 0 Å². The Bertz CT molecular complexity index is 416. The van der Waals surface area contributed by atoms with Gasteiger partial charge in [-0.1, -0.05) is 6.92 Å². The van der Waals surface area contributed by atoms with Crippen LogP contribution in [0.1, 0.15) is 38.2 Å². The second kappa shape index (κ2) is 5.08. The summed E-state index contributed by atoms with van der Waals surface area (Å²) in [5, 5.41) is 0. The third-order valence-electron chi connectivity index (χ3n) is 4.86. The Balaban J connectivity index is 1.58. The fourth-order valence-electron chi connectivity index (χ4n) is 3.36. The number of piperidine rings is 1. The van der Waals surface area contributed by atoms with Crippen LogP contribution in [0.5, 0.6) is 0 Å². The van der Waals surface area contributed by atoms with E-state index in [9.17, 15) is 0 Å². The minimum Gasteiger partial charge on any atom is -0.381 e. The summed E-state index contributed by atoms with van der Waals surface area (Å²) in [4.78, 5) is 11.3. The first-order valence-electron chi connectivity index (χ1n) is 7.33. The van der Waals surface area contributed by atoms with E-state index in [-0.39, 0.29) is 0 Å². The predicted molar refractivity (Wildman–Crippen MR) is 75.3 cm³/mol. The highest BCUT2D eigenvalue weighted by Gasteiger charge is 2.46. The molecule has 4 nitrogen and oxygen atoms in total. The quantitative estimate of drug-likeness (QED) is 0.837. The van der Waals surface area contributed by atoms with Gasteiger partial charge in [0.2, 0.25) is 5.95 Å². The average molecular weight is 261 g/mol. The molecular formula is C15H23N3O. The number of rotatable bonds is 3. The second-order valence-electron chi connectivity index (χ2n) is 6.00. The molecule has 19 heavy (non-hydrogen) atoms. The van der Waals surface area contributed by atoms with Gasteiger partial charge in [0.1, 0.15) is 0 Å². The first-order chi connectivity index (χ1) is 9.24. The van der Waals surface area contributed by atoms with Gasteiger partial charge in [0, 0.05) is 32.6 Å². The number of anilines is 1. The Morgan fingerprint density at radius 2 is 1.89 bits per heavy atom. The molecule has 1 aliphatic heterocycles. The molecule has 2 fully saturated rings. The van der Waals surface area contributed by atoms with Crippen molar-refractivity contribution in [3.8, 4) is 0 Å². The molecule has 1 saturated carbocycles. The largest absolute Gasteiger partial charge is 0.381 e. The highest BCUT2D eigenvalue weighted by Crippen LogP contribution is 2.50. The fraction of sp³-hybridized carbons (Fsp3) is 0.733. The highest BCUT2D eigenvalue weighted by molar-refractivity contribution is 5.31. The molecule has 3 rings (SSSR count).